The largest absolute Gasteiger partial charge is 0.508 e. The summed E-state index contributed by atoms with van der Waals surface area (Å²) < 4.78 is 27.4. The van der Waals surface area contributed by atoms with E-state index in [1.54, 1.807) is 6.92 Å². The topological polar surface area (TPSA) is 49.3 Å². The van der Waals surface area contributed by atoms with E-state index in [4.69, 9.17) is 0 Å². The van der Waals surface area contributed by atoms with Gasteiger partial charge in [-0.3, -0.25) is 4.79 Å². The number of hydrogen-bond donors (Lipinski definition) is 2. The number of carbonyl (C=O) groups excluding carboxylic acids is 1. The van der Waals surface area contributed by atoms with Crippen LogP contribution in [-0.2, 0) is 0 Å². The van der Waals surface area contributed by atoms with Crippen molar-refractivity contribution in [2.75, 3.05) is 5.32 Å². The fourth-order valence-electron chi connectivity index (χ4n) is 1.82. The lowest BCUT2D eigenvalue weighted by molar-refractivity contribution is 0.102. The van der Waals surface area contributed by atoms with Crippen molar-refractivity contribution in [3.8, 4) is 5.75 Å². The minimum Gasteiger partial charge on any atom is -0.508 e. The third-order valence-corrected chi connectivity index (χ3v) is 3.07. The maximum absolute atomic E-state index is 13.8. The Morgan fingerprint density at radius 2 is 1.85 bits per heavy atom. The van der Waals surface area contributed by atoms with Gasteiger partial charge in [-0.2, -0.15) is 0 Å². The zero-order valence-electron chi connectivity index (χ0n) is 11.0. The van der Waals surface area contributed by atoms with Crippen molar-refractivity contribution in [3.63, 3.8) is 0 Å². The van der Waals surface area contributed by atoms with E-state index < -0.39 is 23.2 Å². The molecule has 3 nitrogen and oxygen atoms in total. The average molecular weight is 277 g/mol. The monoisotopic (exact) mass is 277 g/mol. The molecule has 2 aromatic rings. The molecule has 0 bridgehead atoms. The van der Waals surface area contributed by atoms with Crippen molar-refractivity contribution in [2.24, 2.45) is 0 Å². The summed E-state index contributed by atoms with van der Waals surface area (Å²) in [5.41, 5.74) is 0.246. The standard InChI is InChI=1S/C15H13F2NO2/c1-8-6-7-11(16)14(13(8)17)18-15(20)10-4-3-5-12(19)9(10)2/h3-7,19H,1-2H3,(H,18,20). The van der Waals surface area contributed by atoms with Gasteiger partial charge >= 0.3 is 0 Å². The van der Waals surface area contributed by atoms with E-state index in [9.17, 15) is 18.7 Å². The summed E-state index contributed by atoms with van der Waals surface area (Å²) in [5, 5.41) is 11.7. The van der Waals surface area contributed by atoms with E-state index >= 15 is 0 Å². The second-order valence-corrected chi connectivity index (χ2v) is 4.46. The summed E-state index contributed by atoms with van der Waals surface area (Å²) in [6.07, 6.45) is 0. The number of aromatic hydroxyl groups is 1. The summed E-state index contributed by atoms with van der Waals surface area (Å²) >= 11 is 0. The number of halogens is 2. The molecule has 2 N–H and O–H groups in total. The number of phenolic OH excluding ortho intramolecular Hbond substituents is 1. The first kappa shape index (κ1) is 14.0. The number of anilines is 1. The van der Waals surface area contributed by atoms with Crippen LogP contribution in [0.25, 0.3) is 0 Å². The van der Waals surface area contributed by atoms with Gasteiger partial charge in [-0.05, 0) is 37.6 Å². The fourth-order valence-corrected chi connectivity index (χ4v) is 1.82. The third-order valence-electron chi connectivity index (χ3n) is 3.07. The predicted octanol–water partition coefficient (Wildman–Crippen LogP) is 3.54. The van der Waals surface area contributed by atoms with Gasteiger partial charge in [-0.15, -0.1) is 0 Å². The molecule has 1 amide bonds. The molecule has 2 aromatic carbocycles. The molecule has 0 fully saturated rings. The van der Waals surface area contributed by atoms with Crippen LogP contribution in [0.4, 0.5) is 14.5 Å². The Hall–Kier alpha value is -2.43. The Kier molecular flexibility index (Phi) is 3.70. The van der Waals surface area contributed by atoms with Gasteiger partial charge in [0.05, 0.1) is 0 Å². The number of hydrogen-bond acceptors (Lipinski definition) is 2. The Bertz CT molecular complexity index is 684. The minimum atomic E-state index is -0.848. The molecule has 20 heavy (non-hydrogen) atoms. The Morgan fingerprint density at radius 1 is 1.15 bits per heavy atom. The maximum Gasteiger partial charge on any atom is 0.256 e. The van der Waals surface area contributed by atoms with Crippen LogP contribution < -0.4 is 5.32 Å². The van der Waals surface area contributed by atoms with E-state index in [2.05, 4.69) is 5.32 Å². The first-order chi connectivity index (χ1) is 9.41. The minimum absolute atomic E-state index is 0.0529. The summed E-state index contributed by atoms with van der Waals surface area (Å²) in [5.74, 6) is -2.39. The van der Waals surface area contributed by atoms with Gasteiger partial charge in [0, 0.05) is 11.1 Å². The Labute approximate surface area is 114 Å². The van der Waals surface area contributed by atoms with Crippen LogP contribution in [0.3, 0.4) is 0 Å². The molecule has 0 saturated carbocycles. The van der Waals surface area contributed by atoms with Crippen LogP contribution in [0.2, 0.25) is 0 Å². The number of phenols is 1. The summed E-state index contributed by atoms with van der Waals surface area (Å²) in [7, 11) is 0. The third kappa shape index (κ3) is 2.47. The van der Waals surface area contributed by atoms with E-state index in [0.717, 1.165) is 6.07 Å². The van der Waals surface area contributed by atoms with Crippen molar-refractivity contribution in [3.05, 3.63) is 58.7 Å². The highest BCUT2D eigenvalue weighted by atomic mass is 19.1. The van der Waals surface area contributed by atoms with Crippen LogP contribution >= 0.6 is 0 Å². The lowest BCUT2D eigenvalue weighted by Gasteiger charge is -2.11. The van der Waals surface area contributed by atoms with Crippen LogP contribution in [0.5, 0.6) is 5.75 Å². The molecule has 0 aliphatic rings. The fraction of sp³-hybridized carbons (Fsp3) is 0.133. The number of benzene rings is 2. The molecular weight excluding hydrogens is 264 g/mol. The van der Waals surface area contributed by atoms with Gasteiger partial charge < -0.3 is 10.4 Å². The molecule has 0 radical (unpaired) electrons. The van der Waals surface area contributed by atoms with E-state index in [0.29, 0.717) is 5.56 Å². The lowest BCUT2D eigenvalue weighted by atomic mass is 10.1. The molecule has 104 valence electrons. The van der Waals surface area contributed by atoms with Crippen LogP contribution in [-0.4, -0.2) is 11.0 Å². The predicted molar refractivity (Wildman–Crippen MR) is 71.9 cm³/mol. The highest BCUT2D eigenvalue weighted by molar-refractivity contribution is 6.05. The number of amides is 1. The quantitative estimate of drug-likeness (QED) is 0.882. The molecule has 0 aromatic heterocycles. The number of nitrogens with one attached hydrogen (secondary N) is 1. The molecule has 2 rings (SSSR count). The Balaban J connectivity index is 2.38. The number of rotatable bonds is 2. The van der Waals surface area contributed by atoms with Gasteiger partial charge in [0.15, 0.2) is 5.82 Å². The molecule has 0 spiro atoms. The summed E-state index contributed by atoms with van der Waals surface area (Å²) in [6.45, 7) is 3.03. The second kappa shape index (κ2) is 5.28. The average Bonchev–Trinajstić information content (AvgIpc) is 2.42. The van der Waals surface area contributed by atoms with Gasteiger partial charge in [-0.1, -0.05) is 12.1 Å². The second-order valence-electron chi connectivity index (χ2n) is 4.46. The normalized spacial score (nSPS) is 10.4. The smallest absolute Gasteiger partial charge is 0.256 e. The molecule has 0 saturated heterocycles. The van der Waals surface area contributed by atoms with Crippen molar-refractivity contribution in [1.29, 1.82) is 0 Å². The lowest BCUT2D eigenvalue weighted by Crippen LogP contribution is -2.16. The number of carbonyl (C=O) groups is 1. The van der Waals surface area contributed by atoms with E-state index in [1.807, 2.05) is 0 Å². The first-order valence-corrected chi connectivity index (χ1v) is 5.96. The number of aryl methyl sites for hydroxylation is 1. The van der Waals surface area contributed by atoms with E-state index in [1.165, 1.54) is 31.2 Å². The Morgan fingerprint density at radius 3 is 2.55 bits per heavy atom. The highest BCUT2D eigenvalue weighted by Crippen LogP contribution is 2.24. The van der Waals surface area contributed by atoms with Gasteiger partial charge in [-0.25, -0.2) is 8.78 Å². The van der Waals surface area contributed by atoms with Crippen molar-refractivity contribution in [1.82, 2.24) is 0 Å². The van der Waals surface area contributed by atoms with Gasteiger partial charge in [0.2, 0.25) is 0 Å². The van der Waals surface area contributed by atoms with Crippen LogP contribution in [0.1, 0.15) is 21.5 Å². The molecule has 0 aliphatic carbocycles. The van der Waals surface area contributed by atoms with Gasteiger partial charge in [0.1, 0.15) is 17.3 Å². The summed E-state index contributed by atoms with van der Waals surface area (Å²) in [4.78, 5) is 12.0. The zero-order chi connectivity index (χ0) is 14.9. The SMILES string of the molecule is Cc1ccc(F)c(NC(=O)c2cccc(O)c2C)c1F. The highest BCUT2D eigenvalue weighted by Gasteiger charge is 2.17. The molecule has 0 atom stereocenters. The molecule has 0 heterocycles. The van der Waals surface area contributed by atoms with Gasteiger partial charge in [0.25, 0.3) is 5.91 Å². The van der Waals surface area contributed by atoms with Crippen molar-refractivity contribution in [2.45, 2.75) is 13.8 Å². The van der Waals surface area contributed by atoms with E-state index in [-0.39, 0.29) is 16.9 Å². The molecule has 0 unspecified atom stereocenters. The molecule has 5 heteroatoms. The molecule has 0 aliphatic heterocycles. The zero-order valence-corrected chi connectivity index (χ0v) is 11.0. The first-order valence-electron chi connectivity index (χ1n) is 5.96. The maximum atomic E-state index is 13.8. The van der Waals surface area contributed by atoms with Crippen molar-refractivity contribution >= 4 is 11.6 Å². The van der Waals surface area contributed by atoms with Crippen LogP contribution in [0.15, 0.2) is 30.3 Å². The van der Waals surface area contributed by atoms with Crippen molar-refractivity contribution < 1.29 is 18.7 Å². The molecular formula is C15H13F2NO2. The summed E-state index contributed by atoms with van der Waals surface area (Å²) in [6, 6.07) is 6.76. The van der Waals surface area contributed by atoms with Crippen LogP contribution in [0, 0.1) is 25.5 Å².